The highest BCUT2D eigenvalue weighted by molar-refractivity contribution is 7.89. The van der Waals surface area contributed by atoms with Crippen molar-refractivity contribution in [2.45, 2.75) is 18.7 Å². The number of benzene rings is 1. The molecule has 0 aliphatic carbocycles. The fourth-order valence-electron chi connectivity index (χ4n) is 1.58. The van der Waals surface area contributed by atoms with Crippen molar-refractivity contribution in [2.24, 2.45) is 11.7 Å². The van der Waals surface area contributed by atoms with Crippen LogP contribution < -0.4 is 5.73 Å². The van der Waals surface area contributed by atoms with Crippen LogP contribution >= 0.6 is 0 Å². The number of halogens is 1. The Morgan fingerprint density at radius 1 is 1.53 bits per heavy atom. The number of nitrogens with two attached hydrogens (primary N) is 1. The van der Waals surface area contributed by atoms with Crippen molar-refractivity contribution in [1.82, 2.24) is 4.31 Å². The molecule has 0 saturated heterocycles. The first-order valence-electron chi connectivity index (χ1n) is 5.88. The molecular weight excluding hydrogens is 269 g/mol. The Kier molecular flexibility index (Phi) is 5.02. The standard InChI is InChI=1S/C12H18FN3O2S/c1-3-16(8-9(2)12(14)15)19(17,18)11-6-4-5-10(13)7-11/h4-7,9H,3,8H2,1-2H3,(H3,14,15). The molecule has 7 heteroatoms. The second kappa shape index (κ2) is 6.12. The third kappa shape index (κ3) is 3.74. The van der Waals surface area contributed by atoms with Crippen LogP contribution in [0.15, 0.2) is 29.2 Å². The molecule has 0 spiro atoms. The smallest absolute Gasteiger partial charge is 0.243 e. The Balaban J connectivity index is 3.06. The van der Waals surface area contributed by atoms with Crippen molar-refractivity contribution in [1.29, 1.82) is 5.41 Å². The van der Waals surface area contributed by atoms with Crippen LogP contribution in [0.25, 0.3) is 0 Å². The molecule has 0 bridgehead atoms. The molecule has 3 N–H and O–H groups in total. The molecule has 0 fully saturated rings. The lowest BCUT2D eigenvalue weighted by atomic mass is 10.1. The van der Waals surface area contributed by atoms with Crippen LogP contribution in [-0.4, -0.2) is 31.6 Å². The van der Waals surface area contributed by atoms with Gasteiger partial charge in [-0.05, 0) is 18.2 Å². The largest absolute Gasteiger partial charge is 0.387 e. The zero-order valence-corrected chi connectivity index (χ0v) is 11.7. The van der Waals surface area contributed by atoms with Gasteiger partial charge in [0.05, 0.1) is 10.7 Å². The first-order valence-corrected chi connectivity index (χ1v) is 7.32. The Labute approximate surface area is 112 Å². The van der Waals surface area contributed by atoms with Gasteiger partial charge in [-0.15, -0.1) is 0 Å². The highest BCUT2D eigenvalue weighted by atomic mass is 32.2. The van der Waals surface area contributed by atoms with Gasteiger partial charge in [0.25, 0.3) is 0 Å². The molecule has 0 aliphatic heterocycles. The molecular formula is C12H18FN3O2S. The summed E-state index contributed by atoms with van der Waals surface area (Å²) in [7, 11) is -3.76. The summed E-state index contributed by atoms with van der Waals surface area (Å²) < 4.78 is 39.0. The lowest BCUT2D eigenvalue weighted by Gasteiger charge is -2.23. The molecule has 1 aromatic carbocycles. The van der Waals surface area contributed by atoms with Gasteiger partial charge < -0.3 is 5.73 Å². The molecule has 19 heavy (non-hydrogen) atoms. The molecule has 1 rings (SSSR count). The first-order chi connectivity index (χ1) is 8.78. The Morgan fingerprint density at radius 3 is 2.63 bits per heavy atom. The van der Waals surface area contributed by atoms with Crippen LogP contribution in [0.3, 0.4) is 0 Å². The van der Waals surface area contributed by atoms with Gasteiger partial charge in [0.2, 0.25) is 10.0 Å². The topological polar surface area (TPSA) is 87.2 Å². The summed E-state index contributed by atoms with van der Waals surface area (Å²) in [5.41, 5.74) is 5.35. The van der Waals surface area contributed by atoms with Gasteiger partial charge in [-0.1, -0.05) is 19.9 Å². The van der Waals surface area contributed by atoms with Crippen molar-refractivity contribution in [2.75, 3.05) is 13.1 Å². The summed E-state index contributed by atoms with van der Waals surface area (Å²) in [4.78, 5) is -0.0925. The lowest BCUT2D eigenvalue weighted by molar-refractivity contribution is 0.403. The molecule has 1 aromatic rings. The van der Waals surface area contributed by atoms with Crippen LogP contribution in [0.5, 0.6) is 0 Å². The van der Waals surface area contributed by atoms with Gasteiger partial charge in [-0.3, -0.25) is 5.41 Å². The van der Waals surface area contributed by atoms with E-state index in [-0.39, 0.29) is 29.7 Å². The predicted octanol–water partition coefficient (Wildman–Crippen LogP) is 1.41. The lowest BCUT2D eigenvalue weighted by Crippen LogP contribution is -2.38. The van der Waals surface area contributed by atoms with Crippen molar-refractivity contribution in [3.63, 3.8) is 0 Å². The molecule has 0 amide bonds. The summed E-state index contributed by atoms with van der Waals surface area (Å²) in [6.45, 7) is 3.69. The van der Waals surface area contributed by atoms with Crippen molar-refractivity contribution >= 4 is 15.9 Å². The van der Waals surface area contributed by atoms with Gasteiger partial charge in [-0.25, -0.2) is 12.8 Å². The summed E-state index contributed by atoms with van der Waals surface area (Å²) in [5, 5.41) is 7.31. The fourth-order valence-corrected chi connectivity index (χ4v) is 3.15. The number of hydrogen-bond donors (Lipinski definition) is 2. The molecule has 0 radical (unpaired) electrons. The SMILES string of the molecule is CCN(CC(C)C(=N)N)S(=O)(=O)c1cccc(F)c1. The minimum absolute atomic E-state index is 0.0760. The monoisotopic (exact) mass is 287 g/mol. The van der Waals surface area contributed by atoms with Gasteiger partial charge >= 0.3 is 0 Å². The normalized spacial score (nSPS) is 13.5. The van der Waals surface area contributed by atoms with Gasteiger partial charge in [-0.2, -0.15) is 4.31 Å². The Bertz CT molecular complexity index is 560. The van der Waals surface area contributed by atoms with Crippen molar-refractivity contribution in [3.8, 4) is 0 Å². The highest BCUT2D eigenvalue weighted by Crippen LogP contribution is 2.17. The van der Waals surface area contributed by atoms with Gasteiger partial charge in [0.1, 0.15) is 5.82 Å². The molecule has 5 nitrogen and oxygen atoms in total. The quantitative estimate of drug-likeness (QED) is 0.612. The van der Waals surface area contributed by atoms with Crippen molar-refractivity contribution < 1.29 is 12.8 Å². The van der Waals surface area contributed by atoms with Crippen LogP contribution in [0, 0.1) is 17.1 Å². The maximum Gasteiger partial charge on any atom is 0.243 e. The van der Waals surface area contributed by atoms with E-state index >= 15 is 0 Å². The maximum atomic E-state index is 13.1. The van der Waals surface area contributed by atoms with E-state index in [2.05, 4.69) is 0 Å². The third-order valence-electron chi connectivity index (χ3n) is 2.79. The number of nitrogens with one attached hydrogen (secondary N) is 1. The van der Waals surface area contributed by atoms with Crippen LogP contribution in [0.1, 0.15) is 13.8 Å². The predicted molar refractivity (Wildman–Crippen MR) is 71.9 cm³/mol. The molecule has 0 aromatic heterocycles. The van der Waals surface area contributed by atoms with E-state index in [9.17, 15) is 12.8 Å². The molecule has 0 saturated carbocycles. The second-order valence-corrected chi connectivity index (χ2v) is 6.21. The van der Waals surface area contributed by atoms with Gasteiger partial charge in [0, 0.05) is 19.0 Å². The minimum Gasteiger partial charge on any atom is -0.387 e. The number of hydrogen-bond acceptors (Lipinski definition) is 3. The Morgan fingerprint density at radius 2 is 2.16 bits per heavy atom. The maximum absolute atomic E-state index is 13.1. The van der Waals surface area contributed by atoms with E-state index in [1.165, 1.54) is 22.5 Å². The van der Waals surface area contributed by atoms with Crippen LogP contribution in [0.2, 0.25) is 0 Å². The third-order valence-corrected chi connectivity index (χ3v) is 4.73. The highest BCUT2D eigenvalue weighted by Gasteiger charge is 2.25. The number of rotatable bonds is 6. The van der Waals surface area contributed by atoms with E-state index in [1.807, 2.05) is 0 Å². The van der Waals surface area contributed by atoms with E-state index in [1.54, 1.807) is 13.8 Å². The summed E-state index contributed by atoms with van der Waals surface area (Å²) in [6, 6.07) is 4.87. The summed E-state index contributed by atoms with van der Waals surface area (Å²) in [6.07, 6.45) is 0. The molecule has 1 atom stereocenters. The number of sulfonamides is 1. The molecule has 0 aliphatic rings. The zero-order chi connectivity index (χ0) is 14.6. The Hall–Kier alpha value is -1.47. The fraction of sp³-hybridized carbons (Fsp3) is 0.417. The summed E-state index contributed by atoms with van der Waals surface area (Å²) in [5.74, 6) is -1.06. The van der Waals surface area contributed by atoms with Gasteiger partial charge in [0.15, 0.2) is 0 Å². The van der Waals surface area contributed by atoms with Crippen LogP contribution in [0.4, 0.5) is 4.39 Å². The van der Waals surface area contributed by atoms with E-state index < -0.39 is 15.8 Å². The molecule has 1 unspecified atom stereocenters. The number of nitrogens with zero attached hydrogens (tertiary/aromatic N) is 1. The zero-order valence-electron chi connectivity index (χ0n) is 10.9. The van der Waals surface area contributed by atoms with E-state index in [4.69, 9.17) is 11.1 Å². The van der Waals surface area contributed by atoms with Crippen LogP contribution in [-0.2, 0) is 10.0 Å². The molecule has 0 heterocycles. The second-order valence-electron chi connectivity index (χ2n) is 4.27. The summed E-state index contributed by atoms with van der Waals surface area (Å²) >= 11 is 0. The average molecular weight is 287 g/mol. The minimum atomic E-state index is -3.76. The van der Waals surface area contributed by atoms with E-state index in [0.717, 1.165) is 6.07 Å². The first kappa shape index (κ1) is 15.6. The van der Waals surface area contributed by atoms with Crippen molar-refractivity contribution in [3.05, 3.63) is 30.1 Å². The number of amidine groups is 1. The molecule has 106 valence electrons. The van der Waals surface area contributed by atoms with E-state index in [0.29, 0.717) is 0 Å². The average Bonchev–Trinajstić information content (AvgIpc) is 2.35.